The molecule has 0 saturated carbocycles. The number of amides is 1. The Hall–Kier alpha value is -2.83. The second kappa shape index (κ2) is 6.95. The quantitative estimate of drug-likeness (QED) is 0.665. The van der Waals surface area contributed by atoms with Gasteiger partial charge in [0.1, 0.15) is 5.76 Å². The van der Waals surface area contributed by atoms with Crippen LogP contribution in [0, 0.1) is 0 Å². The standard InChI is InChI=1S/C16H18N4O3/c21-15(8-7-13-5-3-12-23-13)17-9-4-11-20-16(22)19-10-2-1-6-14(19)18-20/h1-3,5-6,10,12H,4,7-9,11H2,(H,17,21). The fourth-order valence-electron chi connectivity index (χ4n) is 2.35. The van der Waals surface area contributed by atoms with Gasteiger partial charge in [-0.05, 0) is 30.7 Å². The number of nitrogens with one attached hydrogen (secondary N) is 1. The van der Waals surface area contributed by atoms with E-state index in [1.807, 2.05) is 12.1 Å². The van der Waals surface area contributed by atoms with E-state index in [0.717, 1.165) is 5.76 Å². The summed E-state index contributed by atoms with van der Waals surface area (Å²) in [5.41, 5.74) is 0.463. The summed E-state index contributed by atoms with van der Waals surface area (Å²) in [7, 11) is 0. The number of hydrogen-bond acceptors (Lipinski definition) is 4. The molecular weight excluding hydrogens is 296 g/mol. The molecule has 1 amide bonds. The number of nitrogens with zero attached hydrogens (tertiary/aromatic N) is 3. The lowest BCUT2D eigenvalue weighted by Gasteiger charge is -2.04. The highest BCUT2D eigenvalue weighted by molar-refractivity contribution is 5.75. The van der Waals surface area contributed by atoms with Crippen LogP contribution in [0.3, 0.4) is 0 Å². The molecule has 0 radical (unpaired) electrons. The van der Waals surface area contributed by atoms with E-state index in [-0.39, 0.29) is 11.6 Å². The van der Waals surface area contributed by atoms with E-state index < -0.39 is 0 Å². The minimum atomic E-state index is -0.162. The molecule has 120 valence electrons. The predicted molar refractivity (Wildman–Crippen MR) is 84.1 cm³/mol. The van der Waals surface area contributed by atoms with Crippen LogP contribution in [0.5, 0.6) is 0 Å². The van der Waals surface area contributed by atoms with Crippen molar-refractivity contribution < 1.29 is 9.21 Å². The largest absolute Gasteiger partial charge is 0.469 e. The van der Waals surface area contributed by atoms with Gasteiger partial charge in [-0.3, -0.25) is 9.20 Å². The van der Waals surface area contributed by atoms with Crippen molar-refractivity contribution in [2.45, 2.75) is 25.8 Å². The Balaban J connectivity index is 1.43. The van der Waals surface area contributed by atoms with Crippen LogP contribution in [0.4, 0.5) is 0 Å². The summed E-state index contributed by atoms with van der Waals surface area (Å²) < 4.78 is 8.10. The Morgan fingerprint density at radius 2 is 2.17 bits per heavy atom. The van der Waals surface area contributed by atoms with Gasteiger partial charge in [0, 0.05) is 32.1 Å². The molecule has 7 heteroatoms. The average Bonchev–Trinajstić information content (AvgIpc) is 3.19. The SMILES string of the molecule is O=C(CCc1ccco1)NCCCn1nc2ccccn2c1=O. The van der Waals surface area contributed by atoms with Gasteiger partial charge in [-0.1, -0.05) is 6.07 Å². The third-order valence-electron chi connectivity index (χ3n) is 3.54. The molecule has 3 rings (SSSR count). The van der Waals surface area contributed by atoms with Gasteiger partial charge < -0.3 is 9.73 Å². The van der Waals surface area contributed by atoms with Crippen LogP contribution in [0.1, 0.15) is 18.6 Å². The van der Waals surface area contributed by atoms with Gasteiger partial charge in [0.2, 0.25) is 5.91 Å². The number of furan rings is 1. The highest BCUT2D eigenvalue weighted by Crippen LogP contribution is 2.03. The first-order valence-electron chi connectivity index (χ1n) is 7.57. The van der Waals surface area contributed by atoms with Crippen molar-refractivity contribution in [2.75, 3.05) is 6.54 Å². The molecule has 0 aliphatic carbocycles. The summed E-state index contributed by atoms with van der Waals surface area (Å²) in [5, 5.41) is 7.08. The molecule has 0 saturated heterocycles. The molecule has 0 spiro atoms. The zero-order chi connectivity index (χ0) is 16.1. The van der Waals surface area contributed by atoms with Crippen LogP contribution in [0.25, 0.3) is 5.65 Å². The lowest BCUT2D eigenvalue weighted by molar-refractivity contribution is -0.121. The molecule has 0 aromatic carbocycles. The molecular formula is C16H18N4O3. The van der Waals surface area contributed by atoms with Crippen LogP contribution in [0.15, 0.2) is 52.0 Å². The van der Waals surface area contributed by atoms with Crippen LogP contribution in [-0.4, -0.2) is 26.6 Å². The van der Waals surface area contributed by atoms with Crippen molar-refractivity contribution in [2.24, 2.45) is 0 Å². The Morgan fingerprint density at radius 3 is 2.96 bits per heavy atom. The Morgan fingerprint density at radius 1 is 1.26 bits per heavy atom. The highest BCUT2D eigenvalue weighted by atomic mass is 16.3. The molecule has 3 heterocycles. The topological polar surface area (TPSA) is 81.5 Å². The van der Waals surface area contributed by atoms with Crippen molar-refractivity contribution >= 4 is 11.6 Å². The zero-order valence-corrected chi connectivity index (χ0v) is 12.6. The second-order valence-electron chi connectivity index (χ2n) is 5.22. The van der Waals surface area contributed by atoms with Crippen LogP contribution < -0.4 is 11.0 Å². The van der Waals surface area contributed by atoms with Crippen molar-refractivity contribution in [3.63, 3.8) is 0 Å². The van der Waals surface area contributed by atoms with Crippen LogP contribution in [-0.2, 0) is 17.8 Å². The molecule has 0 atom stereocenters. The molecule has 7 nitrogen and oxygen atoms in total. The number of carbonyl (C=O) groups excluding carboxylic acids is 1. The summed E-state index contributed by atoms with van der Waals surface area (Å²) >= 11 is 0. The molecule has 3 aromatic heterocycles. The van der Waals surface area contributed by atoms with Crippen molar-refractivity contribution in [3.8, 4) is 0 Å². The van der Waals surface area contributed by atoms with E-state index in [4.69, 9.17) is 4.42 Å². The third-order valence-corrected chi connectivity index (χ3v) is 3.54. The van der Waals surface area contributed by atoms with Gasteiger partial charge in [0.25, 0.3) is 0 Å². The Bertz CT molecular complexity index is 833. The van der Waals surface area contributed by atoms with Gasteiger partial charge in [0.15, 0.2) is 5.65 Å². The minimum absolute atomic E-state index is 0.0243. The van der Waals surface area contributed by atoms with E-state index in [0.29, 0.717) is 38.0 Å². The number of carbonyl (C=O) groups is 1. The first kappa shape index (κ1) is 15.1. The lowest BCUT2D eigenvalue weighted by Crippen LogP contribution is -2.27. The maximum atomic E-state index is 12.1. The average molecular weight is 314 g/mol. The van der Waals surface area contributed by atoms with E-state index >= 15 is 0 Å². The number of rotatable bonds is 7. The maximum absolute atomic E-state index is 12.1. The molecule has 1 N–H and O–H groups in total. The highest BCUT2D eigenvalue weighted by Gasteiger charge is 2.06. The zero-order valence-electron chi connectivity index (χ0n) is 12.6. The van der Waals surface area contributed by atoms with Crippen molar-refractivity contribution in [1.29, 1.82) is 0 Å². The summed E-state index contributed by atoms with van der Waals surface area (Å²) in [6.07, 6.45) is 4.92. The van der Waals surface area contributed by atoms with E-state index in [2.05, 4.69) is 10.4 Å². The van der Waals surface area contributed by atoms with Gasteiger partial charge in [-0.25, -0.2) is 9.48 Å². The third kappa shape index (κ3) is 3.68. The second-order valence-corrected chi connectivity index (χ2v) is 5.22. The van der Waals surface area contributed by atoms with Gasteiger partial charge in [-0.2, -0.15) is 0 Å². The molecule has 0 unspecified atom stereocenters. The van der Waals surface area contributed by atoms with E-state index in [1.54, 1.807) is 30.7 Å². The summed E-state index contributed by atoms with van der Waals surface area (Å²) in [5.74, 6) is 0.778. The van der Waals surface area contributed by atoms with Crippen LogP contribution >= 0.6 is 0 Å². The number of pyridine rings is 1. The maximum Gasteiger partial charge on any atom is 0.350 e. The minimum Gasteiger partial charge on any atom is -0.469 e. The Kier molecular flexibility index (Phi) is 4.56. The molecule has 0 bridgehead atoms. The summed E-state index contributed by atoms with van der Waals surface area (Å²) in [6.45, 7) is 0.982. The fraction of sp³-hybridized carbons (Fsp3) is 0.312. The Labute approximate surface area is 132 Å². The van der Waals surface area contributed by atoms with Crippen LogP contribution in [0.2, 0.25) is 0 Å². The monoisotopic (exact) mass is 314 g/mol. The van der Waals surface area contributed by atoms with Gasteiger partial charge in [0.05, 0.1) is 6.26 Å². The van der Waals surface area contributed by atoms with Gasteiger partial charge >= 0.3 is 5.69 Å². The number of hydrogen-bond donors (Lipinski definition) is 1. The predicted octanol–water partition coefficient (Wildman–Crippen LogP) is 1.23. The smallest absolute Gasteiger partial charge is 0.350 e. The van der Waals surface area contributed by atoms with E-state index in [9.17, 15) is 9.59 Å². The normalized spacial score (nSPS) is 11.0. The van der Waals surface area contributed by atoms with E-state index in [1.165, 1.54) is 9.08 Å². The molecule has 0 aliphatic heterocycles. The van der Waals surface area contributed by atoms with Gasteiger partial charge in [-0.15, -0.1) is 5.10 Å². The van der Waals surface area contributed by atoms with Crippen molar-refractivity contribution in [1.82, 2.24) is 19.5 Å². The number of fused-ring (bicyclic) bond motifs is 1. The van der Waals surface area contributed by atoms with Crippen molar-refractivity contribution in [3.05, 3.63) is 59.0 Å². The molecule has 0 fully saturated rings. The molecule has 3 aromatic rings. The summed E-state index contributed by atoms with van der Waals surface area (Å²) in [6, 6.07) is 9.07. The molecule has 23 heavy (non-hydrogen) atoms. The lowest BCUT2D eigenvalue weighted by atomic mass is 10.2. The number of aromatic nitrogens is 3. The molecule has 0 aliphatic rings. The first-order valence-corrected chi connectivity index (χ1v) is 7.57. The fourth-order valence-corrected chi connectivity index (χ4v) is 2.35. The number of aryl methyl sites for hydroxylation is 2. The first-order chi connectivity index (χ1) is 11.2. The summed E-state index contributed by atoms with van der Waals surface area (Å²) in [4.78, 5) is 23.8.